The molecular formula is C13H14O3. The summed E-state index contributed by atoms with van der Waals surface area (Å²) in [7, 11) is 0. The summed E-state index contributed by atoms with van der Waals surface area (Å²) >= 11 is 0. The van der Waals surface area contributed by atoms with Crippen LogP contribution in [0, 0.1) is 0 Å². The van der Waals surface area contributed by atoms with Crippen molar-refractivity contribution < 1.29 is 14.6 Å². The summed E-state index contributed by atoms with van der Waals surface area (Å²) < 4.78 is 4.99. The normalized spacial score (nSPS) is 15.3. The minimum atomic E-state index is -0.828. The Kier molecular flexibility index (Phi) is 2.56. The third-order valence-electron chi connectivity index (χ3n) is 2.33. The highest BCUT2D eigenvalue weighted by Gasteiger charge is 2.19. The SMILES string of the molecule is CC(C)(O)/C=C/c1ccc2c(c1)CC(=O)O2. The molecule has 1 aliphatic rings. The van der Waals surface area contributed by atoms with Gasteiger partial charge in [-0.1, -0.05) is 18.2 Å². The fourth-order valence-corrected chi connectivity index (χ4v) is 1.56. The van der Waals surface area contributed by atoms with E-state index >= 15 is 0 Å². The number of carbonyl (C=O) groups is 1. The molecule has 0 amide bonds. The number of benzene rings is 1. The Bertz CT molecular complexity index is 453. The minimum absolute atomic E-state index is 0.210. The van der Waals surface area contributed by atoms with Crippen molar-refractivity contribution in [2.45, 2.75) is 25.9 Å². The van der Waals surface area contributed by atoms with Crippen LogP contribution in [0.4, 0.5) is 0 Å². The Morgan fingerprint density at radius 3 is 2.88 bits per heavy atom. The van der Waals surface area contributed by atoms with Crippen molar-refractivity contribution >= 4 is 12.0 Å². The van der Waals surface area contributed by atoms with Crippen molar-refractivity contribution in [2.24, 2.45) is 0 Å². The molecule has 0 fully saturated rings. The Hall–Kier alpha value is -1.61. The van der Waals surface area contributed by atoms with Gasteiger partial charge >= 0.3 is 5.97 Å². The Morgan fingerprint density at radius 1 is 1.44 bits per heavy atom. The lowest BCUT2D eigenvalue weighted by molar-refractivity contribution is -0.131. The fourth-order valence-electron chi connectivity index (χ4n) is 1.56. The van der Waals surface area contributed by atoms with Gasteiger partial charge in [-0.3, -0.25) is 4.79 Å². The highest BCUT2D eigenvalue weighted by atomic mass is 16.5. The number of hydrogen-bond donors (Lipinski definition) is 1. The molecule has 1 N–H and O–H groups in total. The first-order valence-electron chi connectivity index (χ1n) is 5.19. The number of carbonyl (C=O) groups excluding carboxylic acids is 1. The molecule has 1 aromatic carbocycles. The Morgan fingerprint density at radius 2 is 2.19 bits per heavy atom. The van der Waals surface area contributed by atoms with Gasteiger partial charge in [-0.05, 0) is 31.5 Å². The molecule has 16 heavy (non-hydrogen) atoms. The lowest BCUT2D eigenvalue weighted by atomic mass is 10.0. The molecule has 0 aliphatic carbocycles. The standard InChI is InChI=1S/C13H14O3/c1-13(2,15)6-5-9-3-4-11-10(7-9)8-12(14)16-11/h3-7,15H,8H2,1-2H3/b6-5+. The molecule has 0 unspecified atom stereocenters. The van der Waals surface area contributed by atoms with Gasteiger partial charge in [0, 0.05) is 5.56 Å². The molecule has 2 rings (SSSR count). The molecule has 1 aromatic rings. The minimum Gasteiger partial charge on any atom is -0.426 e. The molecule has 1 aliphatic heterocycles. The molecule has 0 spiro atoms. The molecule has 0 radical (unpaired) electrons. The average molecular weight is 218 g/mol. The van der Waals surface area contributed by atoms with Gasteiger partial charge in [-0.2, -0.15) is 0 Å². The second-order valence-corrected chi connectivity index (χ2v) is 4.51. The molecule has 0 atom stereocenters. The van der Waals surface area contributed by atoms with Crippen LogP contribution < -0.4 is 4.74 Å². The largest absolute Gasteiger partial charge is 0.426 e. The number of fused-ring (bicyclic) bond motifs is 1. The maximum atomic E-state index is 11.0. The zero-order chi connectivity index (χ0) is 11.8. The van der Waals surface area contributed by atoms with E-state index in [1.807, 2.05) is 18.2 Å². The number of aliphatic hydroxyl groups is 1. The molecule has 84 valence electrons. The van der Waals surface area contributed by atoms with E-state index in [1.165, 1.54) is 0 Å². The first-order valence-corrected chi connectivity index (χ1v) is 5.19. The van der Waals surface area contributed by atoms with Crippen LogP contribution in [0.2, 0.25) is 0 Å². The van der Waals surface area contributed by atoms with Crippen LogP contribution in [0.25, 0.3) is 6.08 Å². The third kappa shape index (κ3) is 2.49. The summed E-state index contributed by atoms with van der Waals surface area (Å²) in [6.45, 7) is 3.42. The topological polar surface area (TPSA) is 46.5 Å². The maximum Gasteiger partial charge on any atom is 0.315 e. The van der Waals surface area contributed by atoms with Crippen LogP contribution in [0.3, 0.4) is 0 Å². The maximum absolute atomic E-state index is 11.0. The van der Waals surface area contributed by atoms with Crippen LogP contribution in [0.1, 0.15) is 25.0 Å². The Labute approximate surface area is 94.4 Å². The van der Waals surface area contributed by atoms with E-state index in [9.17, 15) is 9.90 Å². The molecule has 0 bridgehead atoms. The lowest BCUT2D eigenvalue weighted by Crippen LogP contribution is -2.13. The highest BCUT2D eigenvalue weighted by molar-refractivity contribution is 5.81. The molecule has 0 saturated carbocycles. The van der Waals surface area contributed by atoms with E-state index in [-0.39, 0.29) is 5.97 Å². The van der Waals surface area contributed by atoms with Gasteiger partial charge in [0.1, 0.15) is 5.75 Å². The molecule has 0 aromatic heterocycles. The van der Waals surface area contributed by atoms with Gasteiger partial charge in [-0.25, -0.2) is 0 Å². The van der Waals surface area contributed by atoms with Gasteiger partial charge < -0.3 is 9.84 Å². The van der Waals surface area contributed by atoms with E-state index in [4.69, 9.17) is 4.74 Å². The summed E-state index contributed by atoms with van der Waals surface area (Å²) in [6, 6.07) is 5.55. The summed E-state index contributed by atoms with van der Waals surface area (Å²) in [6.07, 6.45) is 3.88. The zero-order valence-corrected chi connectivity index (χ0v) is 9.36. The van der Waals surface area contributed by atoms with Crippen LogP contribution in [-0.4, -0.2) is 16.7 Å². The average Bonchev–Trinajstić information content (AvgIpc) is 2.52. The first kappa shape index (κ1) is 10.9. The van der Waals surface area contributed by atoms with Crippen molar-refractivity contribution in [3.05, 3.63) is 35.4 Å². The van der Waals surface area contributed by atoms with Gasteiger partial charge in [0.2, 0.25) is 0 Å². The number of ether oxygens (including phenoxy) is 1. The van der Waals surface area contributed by atoms with Gasteiger partial charge in [-0.15, -0.1) is 0 Å². The van der Waals surface area contributed by atoms with Crippen molar-refractivity contribution in [3.63, 3.8) is 0 Å². The van der Waals surface area contributed by atoms with Gasteiger partial charge in [0.05, 0.1) is 12.0 Å². The summed E-state index contributed by atoms with van der Waals surface area (Å²) in [5, 5.41) is 9.55. The second kappa shape index (κ2) is 3.76. The zero-order valence-electron chi connectivity index (χ0n) is 9.36. The van der Waals surface area contributed by atoms with Crippen LogP contribution in [0.5, 0.6) is 5.75 Å². The third-order valence-corrected chi connectivity index (χ3v) is 2.33. The van der Waals surface area contributed by atoms with Crippen molar-refractivity contribution in [1.29, 1.82) is 0 Å². The van der Waals surface area contributed by atoms with E-state index < -0.39 is 5.60 Å². The molecule has 3 heteroatoms. The molecule has 1 heterocycles. The van der Waals surface area contributed by atoms with E-state index in [0.717, 1.165) is 11.1 Å². The fraction of sp³-hybridized carbons (Fsp3) is 0.308. The summed E-state index contributed by atoms with van der Waals surface area (Å²) in [4.78, 5) is 11.0. The van der Waals surface area contributed by atoms with Gasteiger partial charge in [0.15, 0.2) is 0 Å². The first-order chi connectivity index (χ1) is 7.44. The van der Waals surface area contributed by atoms with Crippen molar-refractivity contribution in [1.82, 2.24) is 0 Å². The van der Waals surface area contributed by atoms with Crippen LogP contribution in [-0.2, 0) is 11.2 Å². The second-order valence-electron chi connectivity index (χ2n) is 4.51. The van der Waals surface area contributed by atoms with Crippen LogP contribution in [0.15, 0.2) is 24.3 Å². The molecule has 3 nitrogen and oxygen atoms in total. The summed E-state index contributed by atoms with van der Waals surface area (Å²) in [5.74, 6) is 0.434. The predicted octanol–water partition coefficient (Wildman–Crippen LogP) is 1.93. The van der Waals surface area contributed by atoms with Crippen molar-refractivity contribution in [2.75, 3.05) is 0 Å². The monoisotopic (exact) mass is 218 g/mol. The van der Waals surface area contributed by atoms with Crippen molar-refractivity contribution in [3.8, 4) is 5.75 Å². The number of hydrogen-bond acceptors (Lipinski definition) is 3. The quantitative estimate of drug-likeness (QED) is 0.609. The molecule has 0 saturated heterocycles. The predicted molar refractivity (Wildman–Crippen MR) is 61.1 cm³/mol. The smallest absolute Gasteiger partial charge is 0.315 e. The number of esters is 1. The molecular weight excluding hydrogens is 204 g/mol. The number of rotatable bonds is 2. The van der Waals surface area contributed by atoms with E-state index in [2.05, 4.69) is 0 Å². The van der Waals surface area contributed by atoms with Gasteiger partial charge in [0.25, 0.3) is 0 Å². The Balaban J connectivity index is 2.23. The lowest BCUT2D eigenvalue weighted by Gasteiger charge is -2.10. The van der Waals surface area contributed by atoms with Crippen LogP contribution >= 0.6 is 0 Å². The van der Waals surface area contributed by atoms with E-state index in [1.54, 1.807) is 26.0 Å². The summed E-state index contributed by atoms with van der Waals surface area (Å²) in [5.41, 5.74) is 1.03. The highest BCUT2D eigenvalue weighted by Crippen LogP contribution is 2.27. The van der Waals surface area contributed by atoms with E-state index in [0.29, 0.717) is 12.2 Å².